The maximum absolute atomic E-state index is 9.03. The molecule has 8 aromatic carbocycles. The van der Waals surface area contributed by atoms with Crippen LogP contribution in [0.3, 0.4) is 0 Å². The van der Waals surface area contributed by atoms with Crippen molar-refractivity contribution in [1.82, 2.24) is 9.97 Å². The maximum atomic E-state index is 9.03. The van der Waals surface area contributed by atoms with Crippen molar-refractivity contribution in [3.63, 3.8) is 0 Å². The van der Waals surface area contributed by atoms with Crippen LogP contribution in [0, 0.1) is 0 Å². The van der Waals surface area contributed by atoms with E-state index in [1.165, 1.54) is 21.7 Å². The molecule has 0 spiro atoms. The molecule has 2 aromatic heterocycles. The number of hydrogen-bond acceptors (Lipinski definition) is 5. The van der Waals surface area contributed by atoms with Crippen molar-refractivity contribution in [3.05, 3.63) is 170 Å². The number of hydrogen-bond donors (Lipinski definition) is 0. The molecule has 0 atom stereocenters. The zero-order valence-corrected chi connectivity index (χ0v) is 28.1. The highest BCUT2D eigenvalue weighted by atomic mass is 32.1. The Morgan fingerprint density at radius 1 is 0.510 bits per heavy atom. The van der Waals surface area contributed by atoms with Crippen molar-refractivity contribution in [3.8, 4) is 22.4 Å². The molecule has 10 aromatic rings. The van der Waals surface area contributed by atoms with Gasteiger partial charge in [0.15, 0.2) is 0 Å². The van der Waals surface area contributed by atoms with Crippen LogP contribution in [0.5, 0.6) is 0 Å². The molecule has 5 heteroatoms. The van der Waals surface area contributed by atoms with Gasteiger partial charge in [-0.3, -0.25) is 0 Å². The third-order valence-electron chi connectivity index (χ3n) is 10.1. The Morgan fingerprint density at radius 2 is 1.18 bits per heavy atom. The number of anilines is 4. The Labute approximate surface area is 299 Å². The summed E-state index contributed by atoms with van der Waals surface area (Å²) in [7, 11) is 0. The number of hydrazine groups is 1. The first kappa shape index (κ1) is 27.3. The summed E-state index contributed by atoms with van der Waals surface area (Å²) < 4.78 is 11.1. The normalized spacial score (nSPS) is 12.9. The van der Waals surface area contributed by atoms with Crippen LogP contribution in [0.2, 0.25) is 0 Å². The second-order valence-corrected chi connectivity index (χ2v) is 13.9. The highest BCUT2D eigenvalue weighted by molar-refractivity contribution is 7.26. The largest absolute Gasteiger partial charge is 0.251 e. The van der Waals surface area contributed by atoms with E-state index in [-0.39, 0.29) is 0 Å². The Bertz CT molecular complexity index is 3050. The summed E-state index contributed by atoms with van der Waals surface area (Å²) in [5.41, 5.74) is 8.12. The van der Waals surface area contributed by atoms with Gasteiger partial charge in [-0.1, -0.05) is 140 Å². The topological polar surface area (TPSA) is 32.3 Å². The summed E-state index contributed by atoms with van der Waals surface area (Å²) in [5.74, 6) is 0.571. The number of benzene rings is 8. The average molecular weight is 670 g/mol. The van der Waals surface area contributed by atoms with Gasteiger partial charge in [-0.2, -0.15) is 0 Å². The van der Waals surface area contributed by atoms with Crippen LogP contribution in [-0.4, -0.2) is 9.97 Å². The SMILES string of the molecule is [2H]c1cccc2c1sc1c3c(c4ccccc4c12)-c1c(ccc2ccccc12)N(c1ccccc1)N3c1nc(-c2ccccc2)c2ccccc2n1. The van der Waals surface area contributed by atoms with E-state index in [1.54, 1.807) is 11.3 Å². The fourth-order valence-electron chi connectivity index (χ4n) is 7.92. The molecular formula is C46H28N4S. The summed E-state index contributed by atoms with van der Waals surface area (Å²) in [6.45, 7) is 0. The van der Waals surface area contributed by atoms with E-state index < -0.39 is 0 Å². The Kier molecular flexibility index (Phi) is 5.87. The molecule has 0 unspecified atom stereocenters. The zero-order chi connectivity index (χ0) is 34.3. The average Bonchev–Trinajstić information content (AvgIpc) is 3.61. The van der Waals surface area contributed by atoms with Gasteiger partial charge in [0, 0.05) is 37.5 Å². The standard InChI is InChI=1S/C46H28N4S/c1-3-16-30(17-4-1)43-35-23-11-13-25-37(35)47-46(48-43)50-44-42(34-22-10-9-21-33(34)40-36-24-12-14-26-39(36)51-45(40)44)41-32-20-8-7-15-29(32)27-28-38(41)49(50)31-18-5-2-6-19-31/h1-28H/i26D. The van der Waals surface area contributed by atoms with Crippen LogP contribution in [0.25, 0.3) is 75.0 Å². The molecule has 4 nitrogen and oxygen atoms in total. The number of aromatic nitrogens is 2. The maximum Gasteiger partial charge on any atom is 0.251 e. The van der Waals surface area contributed by atoms with Crippen LogP contribution in [0.15, 0.2) is 170 Å². The predicted molar refractivity (Wildman–Crippen MR) is 215 cm³/mol. The highest BCUT2D eigenvalue weighted by Gasteiger charge is 2.38. The monoisotopic (exact) mass is 669 g/mol. The van der Waals surface area contributed by atoms with Crippen molar-refractivity contribution in [1.29, 1.82) is 0 Å². The second kappa shape index (κ2) is 11.0. The summed E-state index contributed by atoms with van der Waals surface area (Å²) in [4.78, 5) is 10.9. The highest BCUT2D eigenvalue weighted by Crippen LogP contribution is 2.58. The van der Waals surface area contributed by atoms with Crippen molar-refractivity contribution in [2.75, 3.05) is 10.0 Å². The number of nitrogens with zero attached hydrogens (tertiary/aromatic N) is 4. The third kappa shape index (κ3) is 4.13. The van der Waals surface area contributed by atoms with Crippen LogP contribution in [0.1, 0.15) is 1.37 Å². The molecule has 0 aliphatic carbocycles. The van der Waals surface area contributed by atoms with Gasteiger partial charge in [0.25, 0.3) is 5.95 Å². The van der Waals surface area contributed by atoms with Gasteiger partial charge in [-0.25, -0.2) is 20.0 Å². The summed E-state index contributed by atoms with van der Waals surface area (Å²) in [5, 5.41) is 12.5. The molecule has 51 heavy (non-hydrogen) atoms. The molecular weight excluding hydrogens is 641 g/mol. The molecule has 0 saturated carbocycles. The van der Waals surface area contributed by atoms with Crippen LogP contribution in [-0.2, 0) is 0 Å². The minimum atomic E-state index is 0.526. The molecule has 0 N–H and O–H groups in total. The lowest BCUT2D eigenvalue weighted by molar-refractivity contribution is 0.933. The molecule has 0 amide bonds. The van der Waals surface area contributed by atoms with E-state index in [2.05, 4.69) is 150 Å². The molecule has 1 aliphatic heterocycles. The zero-order valence-electron chi connectivity index (χ0n) is 28.3. The Hall–Kier alpha value is -6.56. The predicted octanol–water partition coefficient (Wildman–Crippen LogP) is 12.8. The summed E-state index contributed by atoms with van der Waals surface area (Å²) >= 11 is 1.69. The van der Waals surface area contributed by atoms with Crippen LogP contribution < -0.4 is 10.0 Å². The van der Waals surface area contributed by atoms with Crippen molar-refractivity contribution >= 4 is 87.0 Å². The first-order chi connectivity index (χ1) is 25.7. The van der Waals surface area contributed by atoms with Gasteiger partial charge in [-0.05, 0) is 51.9 Å². The van der Waals surface area contributed by atoms with E-state index in [9.17, 15) is 0 Å². The number of fused-ring (bicyclic) bond motifs is 13. The van der Waals surface area contributed by atoms with E-state index in [1.807, 2.05) is 24.3 Å². The van der Waals surface area contributed by atoms with E-state index >= 15 is 0 Å². The molecule has 0 bridgehead atoms. The van der Waals surface area contributed by atoms with Crippen LogP contribution in [0.4, 0.5) is 23.0 Å². The summed E-state index contributed by atoms with van der Waals surface area (Å²) in [6, 6.07) is 57.7. The van der Waals surface area contributed by atoms with Gasteiger partial charge < -0.3 is 0 Å². The molecule has 0 radical (unpaired) electrons. The lowest BCUT2D eigenvalue weighted by atomic mass is 9.87. The van der Waals surface area contributed by atoms with E-state index in [0.29, 0.717) is 12.0 Å². The first-order valence-electron chi connectivity index (χ1n) is 17.6. The smallest absolute Gasteiger partial charge is 0.246 e. The van der Waals surface area contributed by atoms with Crippen LogP contribution >= 0.6 is 11.3 Å². The van der Waals surface area contributed by atoms with Gasteiger partial charge in [0.05, 0.1) is 34.3 Å². The molecule has 0 fully saturated rings. The van der Waals surface area contributed by atoms with Gasteiger partial charge in [0.1, 0.15) is 0 Å². The lowest BCUT2D eigenvalue weighted by Crippen LogP contribution is -2.40. The lowest BCUT2D eigenvalue weighted by Gasteiger charge is -2.43. The molecule has 238 valence electrons. The van der Waals surface area contributed by atoms with E-state index in [0.717, 1.165) is 70.3 Å². The molecule has 1 aliphatic rings. The minimum absolute atomic E-state index is 0.526. The third-order valence-corrected chi connectivity index (χ3v) is 11.2. The van der Waals surface area contributed by atoms with Crippen molar-refractivity contribution in [2.24, 2.45) is 0 Å². The van der Waals surface area contributed by atoms with Crippen molar-refractivity contribution < 1.29 is 1.37 Å². The Morgan fingerprint density at radius 3 is 2.02 bits per heavy atom. The fourth-order valence-corrected chi connectivity index (χ4v) is 9.14. The number of thiophene rings is 1. The Balaban J connectivity index is 1.38. The summed E-state index contributed by atoms with van der Waals surface area (Å²) in [6.07, 6.45) is 0. The number of para-hydroxylation sites is 2. The van der Waals surface area contributed by atoms with Gasteiger partial charge in [-0.15, -0.1) is 11.3 Å². The molecule has 3 heterocycles. The molecule has 11 rings (SSSR count). The fraction of sp³-hybridized carbons (Fsp3) is 0. The number of rotatable bonds is 3. The van der Waals surface area contributed by atoms with Gasteiger partial charge >= 0.3 is 0 Å². The minimum Gasteiger partial charge on any atom is -0.246 e. The second-order valence-electron chi connectivity index (χ2n) is 12.9. The van der Waals surface area contributed by atoms with E-state index in [4.69, 9.17) is 11.3 Å². The van der Waals surface area contributed by atoms with Gasteiger partial charge in [0.2, 0.25) is 0 Å². The quantitative estimate of drug-likeness (QED) is 0.187. The molecule has 0 saturated heterocycles. The van der Waals surface area contributed by atoms with Crippen molar-refractivity contribution in [2.45, 2.75) is 0 Å². The first-order valence-corrected chi connectivity index (χ1v) is 17.9.